The van der Waals surface area contributed by atoms with Gasteiger partial charge in [0.15, 0.2) is 5.69 Å². The second-order valence-corrected chi connectivity index (χ2v) is 7.27. The second kappa shape index (κ2) is 7.78. The van der Waals surface area contributed by atoms with Crippen LogP contribution in [0.2, 0.25) is 0 Å². The number of hydrogen-bond donors (Lipinski definition) is 0. The highest BCUT2D eigenvalue weighted by Gasteiger charge is 2.29. The number of piperidine rings is 1. The highest BCUT2D eigenvalue weighted by atomic mass is 16.2. The lowest BCUT2D eigenvalue weighted by molar-refractivity contribution is 0.0553. The van der Waals surface area contributed by atoms with E-state index in [2.05, 4.69) is 36.1 Å². The van der Waals surface area contributed by atoms with Crippen LogP contribution in [-0.4, -0.2) is 63.4 Å². The van der Waals surface area contributed by atoms with Gasteiger partial charge in [0.25, 0.3) is 5.91 Å². The maximum absolute atomic E-state index is 13.1. The molecule has 1 saturated heterocycles. The maximum atomic E-state index is 13.1. The zero-order chi connectivity index (χ0) is 17.8. The Balaban J connectivity index is 1.79. The van der Waals surface area contributed by atoms with Crippen LogP contribution in [0.1, 0.15) is 37.2 Å². The van der Waals surface area contributed by atoms with Gasteiger partial charge in [-0.1, -0.05) is 37.3 Å². The summed E-state index contributed by atoms with van der Waals surface area (Å²) in [6.45, 7) is 7.12. The van der Waals surface area contributed by atoms with Crippen molar-refractivity contribution in [2.24, 2.45) is 5.92 Å². The van der Waals surface area contributed by atoms with Gasteiger partial charge in [0, 0.05) is 12.6 Å². The average molecular weight is 341 g/mol. The summed E-state index contributed by atoms with van der Waals surface area (Å²) in [7, 11) is 2.14. The van der Waals surface area contributed by atoms with Gasteiger partial charge in [0.1, 0.15) is 0 Å². The molecule has 1 fully saturated rings. The molecule has 2 aromatic rings. The third kappa shape index (κ3) is 4.25. The van der Waals surface area contributed by atoms with Crippen molar-refractivity contribution >= 4 is 5.91 Å². The number of benzene rings is 1. The Morgan fingerprint density at radius 2 is 1.92 bits per heavy atom. The summed E-state index contributed by atoms with van der Waals surface area (Å²) >= 11 is 0. The molecule has 134 valence electrons. The number of aromatic nitrogens is 3. The molecule has 0 atom stereocenters. The number of amides is 1. The van der Waals surface area contributed by atoms with Gasteiger partial charge in [0.2, 0.25) is 0 Å². The van der Waals surface area contributed by atoms with E-state index in [1.54, 1.807) is 10.9 Å². The topological polar surface area (TPSA) is 54.3 Å². The van der Waals surface area contributed by atoms with E-state index in [0.29, 0.717) is 11.6 Å². The third-order valence-corrected chi connectivity index (χ3v) is 4.68. The lowest BCUT2D eigenvalue weighted by Crippen LogP contribution is -2.48. The Morgan fingerprint density at radius 3 is 2.56 bits per heavy atom. The van der Waals surface area contributed by atoms with Crippen molar-refractivity contribution in [3.05, 3.63) is 42.2 Å². The Kier molecular flexibility index (Phi) is 5.48. The van der Waals surface area contributed by atoms with Crippen molar-refractivity contribution in [2.75, 3.05) is 26.7 Å². The smallest absolute Gasteiger partial charge is 0.276 e. The third-order valence-electron chi connectivity index (χ3n) is 4.68. The molecule has 6 heteroatoms. The van der Waals surface area contributed by atoms with Crippen molar-refractivity contribution in [2.45, 2.75) is 32.7 Å². The van der Waals surface area contributed by atoms with Gasteiger partial charge in [-0.2, -0.15) is 0 Å². The summed E-state index contributed by atoms with van der Waals surface area (Å²) < 4.78 is 1.66. The van der Waals surface area contributed by atoms with E-state index in [9.17, 15) is 4.79 Å². The molecule has 0 spiro atoms. The minimum Gasteiger partial charge on any atom is -0.334 e. The predicted molar refractivity (Wildman–Crippen MR) is 97.8 cm³/mol. The molecule has 1 aromatic heterocycles. The molecule has 25 heavy (non-hydrogen) atoms. The number of likely N-dealkylation sites (tertiary alicyclic amines) is 1. The summed E-state index contributed by atoms with van der Waals surface area (Å²) in [5.74, 6) is 0.415. The molecule has 0 bridgehead atoms. The number of nitrogens with zero attached hydrogens (tertiary/aromatic N) is 5. The van der Waals surface area contributed by atoms with E-state index in [-0.39, 0.29) is 11.9 Å². The zero-order valence-corrected chi connectivity index (χ0v) is 15.3. The lowest BCUT2D eigenvalue weighted by Gasteiger charge is -2.37. The van der Waals surface area contributed by atoms with Crippen LogP contribution in [0.25, 0.3) is 5.69 Å². The first-order valence-corrected chi connectivity index (χ1v) is 9.02. The van der Waals surface area contributed by atoms with E-state index >= 15 is 0 Å². The molecular weight excluding hydrogens is 314 g/mol. The summed E-state index contributed by atoms with van der Waals surface area (Å²) in [5.41, 5.74) is 1.33. The van der Waals surface area contributed by atoms with Gasteiger partial charge in [-0.25, -0.2) is 4.68 Å². The quantitative estimate of drug-likeness (QED) is 0.838. The molecular formula is C19H27N5O. The molecule has 0 aliphatic carbocycles. The number of hydrogen-bond acceptors (Lipinski definition) is 4. The normalized spacial score (nSPS) is 16.3. The first-order valence-electron chi connectivity index (χ1n) is 9.02. The van der Waals surface area contributed by atoms with Gasteiger partial charge >= 0.3 is 0 Å². The monoisotopic (exact) mass is 341 g/mol. The first kappa shape index (κ1) is 17.6. The molecule has 1 aliphatic heterocycles. The molecule has 6 nitrogen and oxygen atoms in total. The number of para-hydroxylation sites is 1. The fourth-order valence-electron chi connectivity index (χ4n) is 3.31. The van der Waals surface area contributed by atoms with Crippen LogP contribution in [-0.2, 0) is 0 Å². The molecule has 3 rings (SSSR count). The van der Waals surface area contributed by atoms with Crippen LogP contribution in [0.3, 0.4) is 0 Å². The number of rotatable bonds is 5. The van der Waals surface area contributed by atoms with Crippen molar-refractivity contribution in [3.63, 3.8) is 0 Å². The summed E-state index contributed by atoms with van der Waals surface area (Å²) in [5, 5.41) is 8.28. The second-order valence-electron chi connectivity index (χ2n) is 7.27. The average Bonchev–Trinajstić information content (AvgIpc) is 3.11. The van der Waals surface area contributed by atoms with Crippen LogP contribution >= 0.6 is 0 Å². The molecule has 1 amide bonds. The van der Waals surface area contributed by atoms with E-state index in [1.165, 1.54) is 0 Å². The molecule has 0 unspecified atom stereocenters. The molecule has 1 aliphatic rings. The zero-order valence-electron chi connectivity index (χ0n) is 15.3. The maximum Gasteiger partial charge on any atom is 0.276 e. The Bertz CT molecular complexity index is 689. The molecule has 0 saturated carbocycles. The predicted octanol–water partition coefficient (Wildman–Crippen LogP) is 2.46. The Hall–Kier alpha value is -2.21. The fourth-order valence-corrected chi connectivity index (χ4v) is 3.31. The minimum atomic E-state index is -0.00886. The van der Waals surface area contributed by atoms with Crippen molar-refractivity contribution in [3.8, 4) is 5.69 Å². The summed E-state index contributed by atoms with van der Waals surface area (Å²) in [6.07, 6.45) is 3.77. The van der Waals surface area contributed by atoms with Crippen molar-refractivity contribution in [1.82, 2.24) is 24.8 Å². The van der Waals surface area contributed by atoms with E-state index < -0.39 is 0 Å². The van der Waals surface area contributed by atoms with Gasteiger partial charge in [-0.3, -0.25) is 4.79 Å². The van der Waals surface area contributed by atoms with Crippen LogP contribution in [0.5, 0.6) is 0 Å². The van der Waals surface area contributed by atoms with Crippen LogP contribution in [0.4, 0.5) is 0 Å². The Morgan fingerprint density at radius 1 is 1.24 bits per heavy atom. The van der Waals surface area contributed by atoms with Crippen LogP contribution in [0, 0.1) is 5.92 Å². The van der Waals surface area contributed by atoms with E-state index in [0.717, 1.165) is 38.2 Å². The SMILES string of the molecule is CC(C)CN(C(=O)c1cn(-c2ccccc2)nn1)C1CCN(C)CC1. The standard InChI is InChI=1S/C19H27N5O/c1-15(2)13-23(16-9-11-22(3)12-10-16)19(25)18-14-24(21-20-18)17-7-5-4-6-8-17/h4-8,14-16H,9-13H2,1-3H3. The van der Waals surface area contributed by atoms with E-state index in [1.807, 2.05) is 35.2 Å². The molecule has 2 heterocycles. The van der Waals surface area contributed by atoms with E-state index in [4.69, 9.17) is 0 Å². The molecule has 1 aromatic carbocycles. The highest BCUT2D eigenvalue weighted by Crippen LogP contribution is 2.19. The van der Waals surface area contributed by atoms with Crippen LogP contribution < -0.4 is 0 Å². The van der Waals surface area contributed by atoms with Crippen molar-refractivity contribution in [1.29, 1.82) is 0 Å². The van der Waals surface area contributed by atoms with Gasteiger partial charge in [-0.05, 0) is 51.0 Å². The largest absolute Gasteiger partial charge is 0.334 e. The molecule has 0 N–H and O–H groups in total. The molecule has 0 radical (unpaired) electrons. The summed E-state index contributed by atoms with van der Waals surface area (Å²) in [4.78, 5) is 17.4. The Labute approximate surface area is 149 Å². The van der Waals surface area contributed by atoms with Gasteiger partial charge in [-0.15, -0.1) is 5.10 Å². The minimum absolute atomic E-state index is 0.00886. The van der Waals surface area contributed by atoms with Gasteiger partial charge in [0.05, 0.1) is 11.9 Å². The number of carbonyl (C=O) groups excluding carboxylic acids is 1. The van der Waals surface area contributed by atoms with Crippen molar-refractivity contribution < 1.29 is 4.79 Å². The lowest BCUT2D eigenvalue weighted by atomic mass is 10.0. The fraction of sp³-hybridized carbons (Fsp3) is 0.526. The number of carbonyl (C=O) groups is 1. The highest BCUT2D eigenvalue weighted by molar-refractivity contribution is 5.92. The summed E-state index contributed by atoms with van der Waals surface area (Å²) in [6, 6.07) is 10.0. The van der Waals surface area contributed by atoms with Gasteiger partial charge < -0.3 is 9.80 Å². The first-order chi connectivity index (χ1) is 12.0. The van der Waals surface area contributed by atoms with Crippen LogP contribution in [0.15, 0.2) is 36.5 Å².